The average molecular weight is 423 g/mol. The van der Waals surface area contributed by atoms with Crippen LogP contribution in [0.5, 0.6) is 0 Å². The number of benzene rings is 3. The van der Waals surface area contributed by atoms with Gasteiger partial charge in [-0.2, -0.15) is 4.31 Å². The molecule has 6 heteroatoms. The van der Waals surface area contributed by atoms with Crippen LogP contribution < -0.4 is 5.32 Å². The van der Waals surface area contributed by atoms with Gasteiger partial charge in [-0.3, -0.25) is 4.79 Å². The summed E-state index contributed by atoms with van der Waals surface area (Å²) < 4.78 is 25.6. The largest absolute Gasteiger partial charge is 0.343 e. The van der Waals surface area contributed by atoms with Gasteiger partial charge in [-0.05, 0) is 23.6 Å². The Morgan fingerprint density at radius 1 is 0.833 bits per heavy atom. The lowest BCUT2D eigenvalue weighted by Gasteiger charge is -2.28. The second-order valence-electron chi connectivity index (χ2n) is 7.36. The molecule has 156 valence electrons. The van der Waals surface area contributed by atoms with Crippen LogP contribution in [-0.4, -0.2) is 31.9 Å². The summed E-state index contributed by atoms with van der Waals surface area (Å²) in [5, 5.41) is 3.08. The van der Waals surface area contributed by atoms with E-state index < -0.39 is 22.1 Å². The van der Waals surface area contributed by atoms with Gasteiger partial charge in [0.25, 0.3) is 0 Å². The Morgan fingerprint density at radius 2 is 1.37 bits per heavy atom. The highest BCUT2D eigenvalue weighted by molar-refractivity contribution is 7.88. The minimum absolute atomic E-state index is 0.385. The van der Waals surface area contributed by atoms with Crippen LogP contribution >= 0.6 is 0 Å². The molecule has 1 amide bonds. The molecule has 0 bridgehead atoms. The fourth-order valence-corrected chi connectivity index (χ4v) is 4.03. The lowest BCUT2D eigenvalue weighted by molar-refractivity contribution is -0.125. The predicted octanol–water partition coefficient (Wildman–Crippen LogP) is 3.83. The third kappa shape index (κ3) is 5.14. The van der Waals surface area contributed by atoms with Crippen LogP contribution in [0.25, 0.3) is 0 Å². The quantitative estimate of drug-likeness (QED) is 0.629. The molecule has 0 aromatic heterocycles. The molecule has 0 aliphatic rings. The van der Waals surface area contributed by atoms with Crippen LogP contribution in [0.4, 0.5) is 0 Å². The molecule has 0 aliphatic carbocycles. The molecule has 0 heterocycles. The number of nitrogens with zero attached hydrogens (tertiary/aromatic N) is 1. The molecule has 0 unspecified atom stereocenters. The van der Waals surface area contributed by atoms with E-state index in [1.54, 1.807) is 24.3 Å². The Morgan fingerprint density at radius 3 is 1.90 bits per heavy atom. The van der Waals surface area contributed by atoms with Gasteiger partial charge in [0.05, 0.1) is 12.3 Å². The normalized spacial score (nSPS) is 13.6. The first-order valence-corrected chi connectivity index (χ1v) is 11.5. The Balaban J connectivity index is 2.02. The Kier molecular flexibility index (Phi) is 6.70. The number of nitrogens with one attached hydrogen (secondary N) is 1. The average Bonchev–Trinajstić information content (AvgIpc) is 2.73. The smallest absolute Gasteiger partial charge is 0.243 e. The number of hydrogen-bond acceptors (Lipinski definition) is 3. The van der Waals surface area contributed by atoms with Crippen molar-refractivity contribution in [2.45, 2.75) is 19.0 Å². The molecule has 0 aliphatic heterocycles. The van der Waals surface area contributed by atoms with Gasteiger partial charge in [-0.1, -0.05) is 90.5 Å². The van der Waals surface area contributed by atoms with Crippen LogP contribution in [0.1, 0.15) is 34.3 Å². The predicted molar refractivity (Wildman–Crippen MR) is 119 cm³/mol. The van der Waals surface area contributed by atoms with Crippen LogP contribution in [-0.2, 0) is 14.8 Å². The van der Waals surface area contributed by atoms with E-state index >= 15 is 0 Å². The summed E-state index contributed by atoms with van der Waals surface area (Å²) in [7, 11) is -2.17. The van der Waals surface area contributed by atoms with E-state index in [0.717, 1.165) is 27.3 Å². The molecule has 0 spiro atoms. The van der Waals surface area contributed by atoms with Gasteiger partial charge >= 0.3 is 0 Å². The zero-order valence-electron chi connectivity index (χ0n) is 17.3. The van der Waals surface area contributed by atoms with Gasteiger partial charge in [0.1, 0.15) is 6.04 Å². The van der Waals surface area contributed by atoms with E-state index in [1.807, 2.05) is 67.6 Å². The van der Waals surface area contributed by atoms with Crippen molar-refractivity contribution in [3.8, 4) is 0 Å². The van der Waals surface area contributed by atoms with Gasteiger partial charge in [0.15, 0.2) is 0 Å². The Labute approximate surface area is 178 Å². The van der Waals surface area contributed by atoms with Crippen molar-refractivity contribution in [2.24, 2.45) is 0 Å². The topological polar surface area (TPSA) is 66.5 Å². The third-order valence-electron chi connectivity index (χ3n) is 5.05. The van der Waals surface area contributed by atoms with Crippen molar-refractivity contribution in [1.82, 2.24) is 9.62 Å². The first-order chi connectivity index (χ1) is 14.3. The molecular formula is C24H26N2O3S. The summed E-state index contributed by atoms with van der Waals surface area (Å²) in [5.41, 5.74) is 3.54. The zero-order valence-corrected chi connectivity index (χ0v) is 18.1. The highest BCUT2D eigenvalue weighted by Gasteiger charge is 2.32. The molecule has 3 rings (SSSR count). The fourth-order valence-electron chi connectivity index (χ4n) is 3.43. The van der Waals surface area contributed by atoms with E-state index in [1.165, 1.54) is 7.05 Å². The summed E-state index contributed by atoms with van der Waals surface area (Å²) in [5.74, 6) is -0.385. The van der Waals surface area contributed by atoms with Gasteiger partial charge in [0, 0.05) is 7.05 Å². The first-order valence-electron chi connectivity index (χ1n) is 9.67. The molecule has 0 radical (unpaired) electrons. The molecule has 0 saturated heterocycles. The second-order valence-corrected chi connectivity index (χ2v) is 9.40. The van der Waals surface area contributed by atoms with Crippen LogP contribution in [0.3, 0.4) is 0 Å². The van der Waals surface area contributed by atoms with Crippen molar-refractivity contribution in [2.75, 3.05) is 13.3 Å². The monoisotopic (exact) mass is 422 g/mol. The van der Waals surface area contributed by atoms with E-state index in [-0.39, 0.29) is 5.91 Å². The number of hydrogen-bond donors (Lipinski definition) is 1. The summed E-state index contributed by atoms with van der Waals surface area (Å²) in [6, 6.07) is 25.1. The van der Waals surface area contributed by atoms with Crippen molar-refractivity contribution in [3.63, 3.8) is 0 Å². The summed E-state index contributed by atoms with van der Waals surface area (Å²) >= 11 is 0. The van der Waals surface area contributed by atoms with Crippen molar-refractivity contribution < 1.29 is 13.2 Å². The molecule has 3 aromatic carbocycles. The van der Waals surface area contributed by atoms with E-state index in [2.05, 4.69) is 5.32 Å². The van der Waals surface area contributed by atoms with Crippen molar-refractivity contribution in [1.29, 1.82) is 0 Å². The molecule has 5 nitrogen and oxygen atoms in total. The fraction of sp³-hybridized carbons (Fsp3) is 0.208. The maximum absolute atomic E-state index is 13.5. The molecule has 2 atom stereocenters. The number of carbonyl (C=O) groups excluding carboxylic acids is 1. The number of likely N-dealkylation sites (N-methyl/N-ethyl adjacent to an activating group) is 1. The number of sulfonamides is 1. The van der Waals surface area contributed by atoms with Crippen molar-refractivity contribution >= 4 is 15.9 Å². The maximum atomic E-state index is 13.5. The summed E-state index contributed by atoms with van der Waals surface area (Å²) in [6.07, 6.45) is 1.10. The Hall–Kier alpha value is -2.96. The van der Waals surface area contributed by atoms with Crippen LogP contribution in [0, 0.1) is 6.92 Å². The molecule has 0 fully saturated rings. The van der Waals surface area contributed by atoms with Gasteiger partial charge in [-0.25, -0.2) is 8.42 Å². The zero-order chi connectivity index (χ0) is 21.7. The molecular weight excluding hydrogens is 396 g/mol. The van der Waals surface area contributed by atoms with Crippen LogP contribution in [0.2, 0.25) is 0 Å². The number of rotatable bonds is 7. The molecule has 30 heavy (non-hydrogen) atoms. The highest BCUT2D eigenvalue weighted by Crippen LogP contribution is 2.27. The second kappa shape index (κ2) is 9.24. The minimum Gasteiger partial charge on any atom is -0.343 e. The lowest BCUT2D eigenvalue weighted by atomic mass is 9.96. The number of aryl methyl sites for hydroxylation is 1. The molecule has 1 N–H and O–H groups in total. The van der Waals surface area contributed by atoms with Crippen molar-refractivity contribution in [3.05, 3.63) is 107 Å². The lowest BCUT2D eigenvalue weighted by Crippen LogP contribution is -2.42. The van der Waals surface area contributed by atoms with Gasteiger partial charge in [0.2, 0.25) is 15.9 Å². The third-order valence-corrected chi connectivity index (χ3v) is 6.30. The summed E-state index contributed by atoms with van der Waals surface area (Å²) in [6.45, 7) is 2.00. The maximum Gasteiger partial charge on any atom is 0.243 e. The molecule has 3 aromatic rings. The minimum atomic E-state index is -3.59. The Bertz CT molecular complexity index is 1100. The van der Waals surface area contributed by atoms with Crippen LogP contribution in [0.15, 0.2) is 84.9 Å². The van der Waals surface area contributed by atoms with E-state index in [4.69, 9.17) is 0 Å². The van der Waals surface area contributed by atoms with Gasteiger partial charge < -0.3 is 5.32 Å². The first kappa shape index (κ1) is 21.7. The number of carbonyl (C=O) groups is 1. The van der Waals surface area contributed by atoms with E-state index in [9.17, 15) is 13.2 Å². The van der Waals surface area contributed by atoms with Gasteiger partial charge in [-0.15, -0.1) is 0 Å². The number of amides is 1. The SMILES string of the molecule is Cc1cccc([C@H](NC(=O)[C@H](c2ccccc2)N(C)S(C)(=O)=O)c2ccccc2)c1. The van der Waals surface area contributed by atoms with E-state index in [0.29, 0.717) is 5.56 Å². The highest BCUT2D eigenvalue weighted by atomic mass is 32.2. The standard InChI is InChI=1S/C24H26N2O3S/c1-18-11-10-16-21(17-18)22(19-12-6-4-7-13-19)25-24(27)23(26(2)30(3,28)29)20-14-8-5-9-15-20/h4-17,22-23H,1-3H3,(H,25,27)/t22-,23+/m1/s1. The summed E-state index contributed by atoms with van der Waals surface area (Å²) in [4.78, 5) is 13.5. The molecule has 0 saturated carbocycles.